The number of carbonyl (C=O) groups is 2. The number of amides is 1. The highest BCUT2D eigenvalue weighted by molar-refractivity contribution is 7.17. The molecule has 0 saturated heterocycles. The Labute approximate surface area is 181 Å². The van der Waals surface area contributed by atoms with Crippen LogP contribution in [0.25, 0.3) is 15.8 Å². The van der Waals surface area contributed by atoms with E-state index in [1.807, 2.05) is 0 Å². The van der Waals surface area contributed by atoms with Crippen molar-refractivity contribution in [1.29, 1.82) is 0 Å². The second-order valence-corrected chi connectivity index (χ2v) is 7.44. The summed E-state index contributed by atoms with van der Waals surface area (Å²) in [5.41, 5.74) is 1.22. The van der Waals surface area contributed by atoms with Crippen LogP contribution in [0.15, 0.2) is 54.0 Å². The van der Waals surface area contributed by atoms with E-state index in [0.29, 0.717) is 32.8 Å². The summed E-state index contributed by atoms with van der Waals surface area (Å²) in [5, 5.41) is 9.38. The first-order valence-corrected chi connectivity index (χ1v) is 10.1. The highest BCUT2D eigenvalue weighted by atomic mass is 32.1. The molecule has 4 rings (SSSR count). The lowest BCUT2D eigenvalue weighted by atomic mass is 10.2. The fraction of sp³-hybridized carbons (Fsp3) is 0.136. The maximum absolute atomic E-state index is 13.9. The SMILES string of the molecule is COc1ccc(C(=O)NCC(=O)c2ccn(-c3csc4c(F)cccc34)n2)cc1OC. The van der Waals surface area contributed by atoms with E-state index in [1.165, 1.54) is 42.4 Å². The van der Waals surface area contributed by atoms with Crippen LogP contribution in [0.1, 0.15) is 20.8 Å². The first-order chi connectivity index (χ1) is 15.0. The molecule has 0 saturated carbocycles. The van der Waals surface area contributed by atoms with Gasteiger partial charge in [0.05, 0.1) is 31.2 Å². The number of rotatable bonds is 7. The van der Waals surface area contributed by atoms with Crippen LogP contribution in [0.3, 0.4) is 0 Å². The number of nitrogens with one attached hydrogen (secondary N) is 1. The Morgan fingerprint density at radius 2 is 1.94 bits per heavy atom. The van der Waals surface area contributed by atoms with Crippen molar-refractivity contribution in [2.24, 2.45) is 0 Å². The van der Waals surface area contributed by atoms with Gasteiger partial charge in [-0.2, -0.15) is 5.10 Å². The van der Waals surface area contributed by atoms with Crippen LogP contribution in [-0.2, 0) is 0 Å². The Morgan fingerprint density at radius 3 is 2.71 bits per heavy atom. The molecule has 31 heavy (non-hydrogen) atoms. The van der Waals surface area contributed by atoms with Crippen LogP contribution in [0.5, 0.6) is 11.5 Å². The van der Waals surface area contributed by atoms with Gasteiger partial charge < -0.3 is 14.8 Å². The van der Waals surface area contributed by atoms with Crippen molar-refractivity contribution in [2.75, 3.05) is 20.8 Å². The third kappa shape index (κ3) is 3.99. The summed E-state index contributed by atoms with van der Waals surface area (Å²) in [6.45, 7) is -0.219. The predicted octanol–water partition coefficient (Wildman–Crippen LogP) is 3.86. The van der Waals surface area contributed by atoms with E-state index in [4.69, 9.17) is 9.47 Å². The van der Waals surface area contributed by atoms with E-state index in [-0.39, 0.29) is 23.8 Å². The van der Waals surface area contributed by atoms with Gasteiger partial charge in [0.2, 0.25) is 5.78 Å². The van der Waals surface area contributed by atoms with Gasteiger partial charge in [-0.1, -0.05) is 12.1 Å². The summed E-state index contributed by atoms with van der Waals surface area (Å²) in [5.74, 6) is -0.150. The smallest absolute Gasteiger partial charge is 0.251 e. The lowest BCUT2D eigenvalue weighted by Crippen LogP contribution is -2.29. The van der Waals surface area contributed by atoms with E-state index >= 15 is 0 Å². The summed E-state index contributed by atoms with van der Waals surface area (Å²) in [6, 6.07) is 11.1. The number of aromatic nitrogens is 2. The molecule has 7 nitrogen and oxygen atoms in total. The minimum atomic E-state index is -0.423. The summed E-state index contributed by atoms with van der Waals surface area (Å²) < 4.78 is 26.3. The first-order valence-electron chi connectivity index (χ1n) is 9.27. The van der Waals surface area contributed by atoms with Gasteiger partial charge in [-0.05, 0) is 30.3 Å². The molecule has 0 aliphatic rings. The molecule has 1 N–H and O–H groups in total. The lowest BCUT2D eigenvalue weighted by molar-refractivity contribution is 0.0901. The molecule has 1 amide bonds. The van der Waals surface area contributed by atoms with Crippen molar-refractivity contribution in [3.8, 4) is 17.2 Å². The number of ketones is 1. The molecule has 0 atom stereocenters. The number of carbonyl (C=O) groups excluding carboxylic acids is 2. The minimum Gasteiger partial charge on any atom is -0.493 e. The van der Waals surface area contributed by atoms with E-state index in [1.54, 1.807) is 41.9 Å². The zero-order valence-corrected chi connectivity index (χ0v) is 17.5. The quantitative estimate of drug-likeness (QED) is 0.442. The van der Waals surface area contributed by atoms with Crippen molar-refractivity contribution in [3.05, 3.63) is 71.1 Å². The van der Waals surface area contributed by atoms with E-state index in [9.17, 15) is 14.0 Å². The molecule has 158 valence electrons. The number of fused-ring (bicyclic) bond motifs is 1. The average Bonchev–Trinajstić information content (AvgIpc) is 3.44. The monoisotopic (exact) mass is 439 g/mol. The number of halogens is 1. The molecule has 0 spiro atoms. The predicted molar refractivity (Wildman–Crippen MR) is 115 cm³/mol. The largest absolute Gasteiger partial charge is 0.493 e. The third-order valence-corrected chi connectivity index (χ3v) is 5.70. The van der Waals surface area contributed by atoms with E-state index in [0.717, 1.165) is 0 Å². The fourth-order valence-corrected chi connectivity index (χ4v) is 4.07. The van der Waals surface area contributed by atoms with Gasteiger partial charge in [-0.25, -0.2) is 9.07 Å². The molecule has 2 aromatic heterocycles. The Bertz CT molecular complexity index is 1280. The Balaban J connectivity index is 1.46. The summed E-state index contributed by atoms with van der Waals surface area (Å²) in [4.78, 5) is 24.9. The number of hydrogen-bond acceptors (Lipinski definition) is 6. The molecule has 9 heteroatoms. The van der Waals surface area contributed by atoms with E-state index < -0.39 is 5.91 Å². The third-order valence-electron chi connectivity index (χ3n) is 4.71. The average molecular weight is 439 g/mol. The Kier molecular flexibility index (Phi) is 5.68. The molecular formula is C22H18FN3O4S. The molecule has 0 aliphatic carbocycles. The molecule has 0 unspecified atom stereocenters. The fourth-order valence-electron chi connectivity index (χ4n) is 3.12. The second kappa shape index (κ2) is 8.57. The van der Waals surface area contributed by atoms with Gasteiger partial charge in [-0.15, -0.1) is 11.3 Å². The van der Waals surface area contributed by atoms with Crippen LogP contribution in [0.2, 0.25) is 0 Å². The number of benzene rings is 2. The van der Waals surface area contributed by atoms with Gasteiger partial charge in [0, 0.05) is 22.5 Å². The van der Waals surface area contributed by atoms with Crippen LogP contribution < -0.4 is 14.8 Å². The van der Waals surface area contributed by atoms with Crippen molar-refractivity contribution in [3.63, 3.8) is 0 Å². The number of Topliss-reactive ketones (excluding diaryl/α,β-unsaturated/α-hetero) is 1. The number of ether oxygens (including phenoxy) is 2. The van der Waals surface area contributed by atoms with Crippen molar-refractivity contribution >= 4 is 33.1 Å². The van der Waals surface area contributed by atoms with Gasteiger partial charge in [-0.3, -0.25) is 9.59 Å². The van der Waals surface area contributed by atoms with Crippen LogP contribution in [0.4, 0.5) is 4.39 Å². The second-order valence-electron chi connectivity index (χ2n) is 6.56. The topological polar surface area (TPSA) is 82.5 Å². The molecule has 0 aliphatic heterocycles. The van der Waals surface area contributed by atoms with Crippen LogP contribution >= 0.6 is 11.3 Å². The van der Waals surface area contributed by atoms with Crippen molar-refractivity contribution in [2.45, 2.75) is 0 Å². The zero-order valence-electron chi connectivity index (χ0n) is 16.7. The first kappa shape index (κ1) is 20.5. The maximum Gasteiger partial charge on any atom is 0.251 e. The number of nitrogens with zero attached hydrogens (tertiary/aromatic N) is 2. The summed E-state index contributed by atoms with van der Waals surface area (Å²) in [7, 11) is 2.98. The Hall–Kier alpha value is -3.72. The van der Waals surface area contributed by atoms with Gasteiger partial charge in [0.25, 0.3) is 5.91 Å². The van der Waals surface area contributed by atoms with Crippen molar-refractivity contribution < 1.29 is 23.5 Å². The molecule has 2 heterocycles. The summed E-state index contributed by atoms with van der Waals surface area (Å²) in [6.07, 6.45) is 1.63. The number of thiophene rings is 1. The number of hydrogen-bond donors (Lipinski definition) is 1. The number of methoxy groups -OCH3 is 2. The van der Waals surface area contributed by atoms with Gasteiger partial charge in [0.15, 0.2) is 11.5 Å². The minimum absolute atomic E-state index is 0.198. The Morgan fingerprint density at radius 1 is 1.13 bits per heavy atom. The van der Waals surface area contributed by atoms with E-state index in [2.05, 4.69) is 10.4 Å². The normalized spacial score (nSPS) is 10.8. The molecule has 2 aromatic carbocycles. The van der Waals surface area contributed by atoms with Gasteiger partial charge >= 0.3 is 0 Å². The standard InChI is InChI=1S/C22H18FN3O4S/c1-29-19-7-6-13(10-20(19)30-2)22(28)24-11-18(27)16-8-9-26(25-16)17-12-31-21-14(17)4-3-5-15(21)23/h3-10,12H,11H2,1-2H3,(H,24,28). The molecule has 0 bridgehead atoms. The van der Waals surface area contributed by atoms with Crippen molar-refractivity contribution in [1.82, 2.24) is 15.1 Å². The lowest BCUT2D eigenvalue weighted by Gasteiger charge is -2.09. The molecule has 0 fully saturated rings. The molecular weight excluding hydrogens is 421 g/mol. The molecule has 4 aromatic rings. The summed E-state index contributed by atoms with van der Waals surface area (Å²) >= 11 is 1.27. The van der Waals surface area contributed by atoms with Crippen LogP contribution in [0, 0.1) is 5.82 Å². The van der Waals surface area contributed by atoms with Gasteiger partial charge in [0.1, 0.15) is 11.5 Å². The molecule has 0 radical (unpaired) electrons. The van der Waals surface area contributed by atoms with Crippen LogP contribution in [-0.4, -0.2) is 42.2 Å². The highest BCUT2D eigenvalue weighted by Crippen LogP contribution is 2.30. The highest BCUT2D eigenvalue weighted by Gasteiger charge is 2.16. The zero-order chi connectivity index (χ0) is 22.0. The maximum atomic E-state index is 13.9.